The average molecular weight is 243 g/mol. The molecule has 1 rings (SSSR count). The van der Waals surface area contributed by atoms with Crippen LogP contribution in [0.4, 0.5) is 0 Å². The molecule has 0 radical (unpaired) electrons. The first-order valence-electron chi connectivity index (χ1n) is 7.01. The molecule has 100 valence electrons. The van der Waals surface area contributed by atoms with Gasteiger partial charge in [-0.3, -0.25) is 4.79 Å². The van der Waals surface area contributed by atoms with E-state index in [9.17, 15) is 4.79 Å². The third kappa shape index (κ3) is 4.64. The Morgan fingerprint density at radius 2 is 1.94 bits per heavy atom. The van der Waals surface area contributed by atoms with Crippen LogP contribution in [-0.4, -0.2) is 43.7 Å². The minimum absolute atomic E-state index is 0.0561. The molecule has 1 atom stereocenters. The summed E-state index contributed by atoms with van der Waals surface area (Å²) in [5.74, 6) is 0.172. The summed E-state index contributed by atoms with van der Waals surface area (Å²) in [6, 6.07) is 1.42. The molecule has 1 saturated heterocycles. The zero-order chi connectivity index (χ0) is 12.8. The first-order valence-corrected chi connectivity index (χ1v) is 7.01. The Hall–Kier alpha value is -0.610. The van der Waals surface area contributed by atoms with Crippen molar-refractivity contribution in [3.05, 3.63) is 0 Å². The smallest absolute Gasteiger partial charge is 0.277 e. The van der Waals surface area contributed by atoms with Gasteiger partial charge in [0.1, 0.15) is 0 Å². The highest BCUT2D eigenvalue weighted by atomic mass is 16.2. The van der Waals surface area contributed by atoms with Crippen molar-refractivity contribution < 1.29 is 15.0 Å². The van der Waals surface area contributed by atoms with E-state index < -0.39 is 0 Å². The maximum atomic E-state index is 11.6. The molecule has 1 heterocycles. The number of hydrogen-bond acceptors (Lipinski definition) is 1. The monoisotopic (exact) mass is 243 g/mol. The van der Waals surface area contributed by atoms with Gasteiger partial charge in [0.25, 0.3) is 5.91 Å². The van der Waals surface area contributed by atoms with Crippen molar-refractivity contribution in [2.24, 2.45) is 0 Å². The Balaban J connectivity index is 2.28. The number of carbonyl (C=O) groups is 1. The van der Waals surface area contributed by atoms with Gasteiger partial charge in [-0.15, -0.1) is 0 Å². The maximum absolute atomic E-state index is 11.6. The highest BCUT2D eigenvalue weighted by Gasteiger charge is 2.28. The van der Waals surface area contributed by atoms with Crippen molar-refractivity contribution in [2.45, 2.75) is 58.7 Å². The van der Waals surface area contributed by atoms with Crippen LogP contribution in [0.25, 0.3) is 0 Å². The largest absolute Gasteiger partial charge is 0.351 e. The molecule has 0 spiro atoms. The van der Waals surface area contributed by atoms with Gasteiger partial charge in [-0.2, -0.15) is 0 Å². The van der Waals surface area contributed by atoms with Crippen LogP contribution in [0.3, 0.4) is 0 Å². The zero-order valence-electron chi connectivity index (χ0n) is 11.8. The number of likely N-dealkylation sites (tertiary alicyclic amines) is 1. The van der Waals surface area contributed by atoms with Gasteiger partial charge in [0, 0.05) is 19.4 Å². The van der Waals surface area contributed by atoms with Gasteiger partial charge in [-0.1, -0.05) is 0 Å². The molecular formula is C13H29N3O+2. The quantitative estimate of drug-likeness (QED) is 0.542. The van der Waals surface area contributed by atoms with Crippen LogP contribution in [-0.2, 0) is 4.79 Å². The fourth-order valence-corrected chi connectivity index (χ4v) is 2.61. The van der Waals surface area contributed by atoms with Gasteiger partial charge in [0.05, 0.1) is 25.2 Å². The normalized spacial score (nSPS) is 26.9. The van der Waals surface area contributed by atoms with Crippen molar-refractivity contribution in [1.29, 1.82) is 0 Å². The molecule has 4 N–H and O–H groups in total. The standard InChI is InChI=1S/C13H27N3O/c1-5-14-13(17)11(4)15-12-6-8-16(9-7-12)10(2)3/h10-12,15H,5-9H2,1-4H3,(H,14,17)/p+2/t11-/m0/s1. The van der Waals surface area contributed by atoms with Gasteiger partial charge in [-0.25, -0.2) is 0 Å². The number of rotatable bonds is 5. The zero-order valence-corrected chi connectivity index (χ0v) is 11.8. The van der Waals surface area contributed by atoms with E-state index in [2.05, 4.69) is 24.5 Å². The van der Waals surface area contributed by atoms with E-state index in [1.165, 1.54) is 25.9 Å². The van der Waals surface area contributed by atoms with E-state index >= 15 is 0 Å². The maximum Gasteiger partial charge on any atom is 0.277 e. The number of piperidine rings is 1. The Bertz CT molecular complexity index is 235. The van der Waals surface area contributed by atoms with Crippen LogP contribution in [0.15, 0.2) is 0 Å². The summed E-state index contributed by atoms with van der Waals surface area (Å²) in [4.78, 5) is 13.4. The highest BCUT2D eigenvalue weighted by molar-refractivity contribution is 5.79. The Morgan fingerprint density at radius 1 is 1.35 bits per heavy atom. The number of carbonyl (C=O) groups excluding carboxylic acids is 1. The SMILES string of the molecule is CCNC(=O)[C@H](C)[NH2+]C1CC[NH+](C(C)C)CC1. The number of quaternary nitrogens is 2. The van der Waals surface area contributed by atoms with Gasteiger partial charge in [-0.05, 0) is 27.7 Å². The summed E-state index contributed by atoms with van der Waals surface area (Å²) in [6.07, 6.45) is 2.47. The number of nitrogens with two attached hydrogens (primary N) is 1. The molecule has 0 aromatic carbocycles. The molecule has 0 aromatic heterocycles. The van der Waals surface area contributed by atoms with Crippen molar-refractivity contribution in [2.75, 3.05) is 19.6 Å². The molecule has 4 heteroatoms. The van der Waals surface area contributed by atoms with E-state index in [0.717, 1.165) is 12.6 Å². The molecule has 0 saturated carbocycles. The molecule has 0 unspecified atom stereocenters. The van der Waals surface area contributed by atoms with E-state index in [-0.39, 0.29) is 11.9 Å². The molecule has 1 amide bonds. The summed E-state index contributed by atoms with van der Waals surface area (Å²) in [5, 5.41) is 5.14. The second kappa shape index (κ2) is 6.97. The molecule has 1 aliphatic rings. The fourth-order valence-electron chi connectivity index (χ4n) is 2.61. The Kier molecular flexibility index (Phi) is 5.92. The fraction of sp³-hybridized carbons (Fsp3) is 0.923. The molecule has 0 aliphatic carbocycles. The third-order valence-electron chi connectivity index (χ3n) is 3.81. The summed E-state index contributed by atoms with van der Waals surface area (Å²) >= 11 is 0. The molecule has 4 nitrogen and oxygen atoms in total. The lowest BCUT2D eigenvalue weighted by molar-refractivity contribution is -0.933. The minimum atomic E-state index is 0.0561. The van der Waals surface area contributed by atoms with Crippen LogP contribution in [0.5, 0.6) is 0 Å². The molecule has 0 bridgehead atoms. The second-order valence-corrected chi connectivity index (χ2v) is 5.53. The molecule has 1 fully saturated rings. The molecule has 17 heavy (non-hydrogen) atoms. The van der Waals surface area contributed by atoms with E-state index in [0.29, 0.717) is 6.04 Å². The van der Waals surface area contributed by atoms with Crippen LogP contribution in [0.1, 0.15) is 40.5 Å². The first-order chi connectivity index (χ1) is 8.04. The van der Waals surface area contributed by atoms with Gasteiger partial charge in [0.2, 0.25) is 0 Å². The Labute approximate surface area is 105 Å². The lowest BCUT2D eigenvalue weighted by Gasteiger charge is -2.31. The molecule has 1 aliphatic heterocycles. The molecular weight excluding hydrogens is 214 g/mol. The highest BCUT2D eigenvalue weighted by Crippen LogP contribution is 1.95. The summed E-state index contributed by atoms with van der Waals surface area (Å²) in [6.45, 7) is 11.8. The predicted molar refractivity (Wildman–Crippen MR) is 68.9 cm³/mol. The minimum Gasteiger partial charge on any atom is -0.351 e. The topological polar surface area (TPSA) is 50.1 Å². The molecule has 0 aromatic rings. The van der Waals surface area contributed by atoms with Crippen LogP contribution in [0.2, 0.25) is 0 Å². The number of amides is 1. The Morgan fingerprint density at radius 3 is 2.41 bits per heavy atom. The van der Waals surface area contributed by atoms with Crippen molar-refractivity contribution in [1.82, 2.24) is 5.32 Å². The van der Waals surface area contributed by atoms with Crippen LogP contribution in [0, 0.1) is 0 Å². The van der Waals surface area contributed by atoms with Crippen molar-refractivity contribution >= 4 is 5.91 Å². The van der Waals surface area contributed by atoms with Gasteiger partial charge >= 0.3 is 0 Å². The lowest BCUT2D eigenvalue weighted by Crippen LogP contribution is -3.17. The van der Waals surface area contributed by atoms with Crippen LogP contribution >= 0.6 is 0 Å². The van der Waals surface area contributed by atoms with Gasteiger partial charge < -0.3 is 15.5 Å². The average Bonchev–Trinajstić information content (AvgIpc) is 2.30. The number of nitrogens with one attached hydrogen (secondary N) is 2. The summed E-state index contributed by atoms with van der Waals surface area (Å²) in [5.41, 5.74) is 0. The van der Waals surface area contributed by atoms with Crippen LogP contribution < -0.4 is 15.5 Å². The van der Waals surface area contributed by atoms with Crippen molar-refractivity contribution in [3.8, 4) is 0 Å². The summed E-state index contributed by atoms with van der Waals surface area (Å²) in [7, 11) is 0. The van der Waals surface area contributed by atoms with Gasteiger partial charge in [0.15, 0.2) is 6.04 Å². The third-order valence-corrected chi connectivity index (χ3v) is 3.81. The second-order valence-electron chi connectivity index (χ2n) is 5.53. The van der Waals surface area contributed by atoms with E-state index in [1.54, 1.807) is 4.90 Å². The number of likely N-dealkylation sites (N-methyl/N-ethyl adjacent to an activating group) is 1. The van der Waals surface area contributed by atoms with E-state index in [4.69, 9.17) is 0 Å². The van der Waals surface area contributed by atoms with Crippen molar-refractivity contribution in [3.63, 3.8) is 0 Å². The summed E-state index contributed by atoms with van der Waals surface area (Å²) < 4.78 is 0. The van der Waals surface area contributed by atoms with E-state index in [1.807, 2.05) is 13.8 Å². The predicted octanol–water partition coefficient (Wildman–Crippen LogP) is -1.47. The lowest BCUT2D eigenvalue weighted by atomic mass is 10.0. The first kappa shape index (κ1) is 14.5. The number of hydrogen-bond donors (Lipinski definition) is 3.